The molecule has 4 rings (SSSR count). The number of Topliss-reactive ketones (excluding diaryl/α,β-unsaturated/α-hetero) is 1. The molecule has 0 heterocycles. The number of fused-ring (bicyclic) bond motifs is 1. The number of ketones is 1. The number of carboxylic acids is 1. The molecule has 0 saturated heterocycles. The maximum absolute atomic E-state index is 15.1. The Morgan fingerprint density at radius 3 is 2.67 bits per heavy atom. The number of benzene rings is 1. The van der Waals surface area contributed by atoms with Gasteiger partial charge < -0.3 is 10.2 Å². The van der Waals surface area contributed by atoms with E-state index in [1.807, 2.05) is 0 Å². The zero-order chi connectivity index (χ0) is 21.6. The zero-order valence-corrected chi connectivity index (χ0v) is 18.5. The van der Waals surface area contributed by atoms with E-state index >= 15 is 4.39 Å². The third-order valence-electron chi connectivity index (χ3n) is 6.76. The van der Waals surface area contributed by atoms with Crippen molar-refractivity contribution in [3.63, 3.8) is 0 Å². The van der Waals surface area contributed by atoms with E-state index in [1.54, 1.807) is 0 Å². The largest absolute Gasteiger partial charge is 0.507 e. The molecule has 1 aromatic rings. The Bertz CT molecular complexity index is 919. The second-order valence-corrected chi connectivity index (χ2v) is 9.32. The molecule has 5 atom stereocenters. The number of carbonyl (C=O) groups is 2. The van der Waals surface area contributed by atoms with E-state index in [0.717, 1.165) is 31.7 Å². The highest BCUT2D eigenvalue weighted by Gasteiger charge is 2.47. The van der Waals surface area contributed by atoms with Crippen molar-refractivity contribution in [2.24, 2.45) is 11.8 Å². The van der Waals surface area contributed by atoms with Crippen molar-refractivity contribution in [1.82, 2.24) is 3.53 Å². The van der Waals surface area contributed by atoms with Gasteiger partial charge in [0.2, 0.25) is 5.78 Å². The summed E-state index contributed by atoms with van der Waals surface area (Å²) < 4.78 is 32.2. The lowest BCUT2D eigenvalue weighted by atomic mass is 9.80. The van der Waals surface area contributed by atoms with Crippen molar-refractivity contribution in [1.29, 1.82) is 0 Å². The standard InChI is InChI=1S/C22H24F2INO4/c23-17-8-14(17)12-4-5-13(22(29)30)20(27)16-9-18(24)15(21(28)19(12)16)7-10-2-1-3-11(6-10)26-25/h5,9-12,14,17,26,28H,1-4,6-8H2,(H,29,30)/t10-,11?,12-,14-,17?/m0/s1. The van der Waals surface area contributed by atoms with Crippen LogP contribution in [-0.4, -0.2) is 34.2 Å². The van der Waals surface area contributed by atoms with Gasteiger partial charge in [-0.25, -0.2) is 13.6 Å². The summed E-state index contributed by atoms with van der Waals surface area (Å²) in [6, 6.07) is 1.39. The van der Waals surface area contributed by atoms with E-state index in [-0.39, 0.29) is 34.8 Å². The lowest BCUT2D eigenvalue weighted by Gasteiger charge is -2.29. The van der Waals surface area contributed by atoms with Gasteiger partial charge in [-0.1, -0.05) is 18.9 Å². The molecule has 0 aromatic heterocycles. The van der Waals surface area contributed by atoms with Gasteiger partial charge >= 0.3 is 5.97 Å². The lowest BCUT2D eigenvalue weighted by Crippen LogP contribution is -2.29. The topological polar surface area (TPSA) is 86.6 Å². The van der Waals surface area contributed by atoms with Gasteiger partial charge in [0.05, 0.1) is 0 Å². The first kappa shape index (κ1) is 21.7. The van der Waals surface area contributed by atoms with Crippen LogP contribution in [0.25, 0.3) is 0 Å². The number of nitrogens with one attached hydrogen (secondary N) is 1. The van der Waals surface area contributed by atoms with Crippen LogP contribution in [0.15, 0.2) is 17.7 Å². The van der Waals surface area contributed by atoms with Crippen LogP contribution in [0.4, 0.5) is 8.78 Å². The van der Waals surface area contributed by atoms with Gasteiger partial charge in [-0.2, -0.15) is 0 Å². The van der Waals surface area contributed by atoms with E-state index in [1.165, 1.54) is 6.08 Å². The highest BCUT2D eigenvalue weighted by Crippen LogP contribution is 2.52. The van der Waals surface area contributed by atoms with E-state index in [4.69, 9.17) is 0 Å². The Labute approximate surface area is 187 Å². The van der Waals surface area contributed by atoms with Crippen LogP contribution in [0, 0.1) is 17.7 Å². The van der Waals surface area contributed by atoms with Crippen molar-refractivity contribution < 1.29 is 28.6 Å². The Morgan fingerprint density at radius 1 is 1.30 bits per heavy atom. The zero-order valence-electron chi connectivity index (χ0n) is 16.3. The highest BCUT2D eigenvalue weighted by molar-refractivity contribution is 14.1. The Balaban J connectivity index is 1.75. The van der Waals surface area contributed by atoms with Crippen molar-refractivity contribution in [2.45, 2.75) is 63.1 Å². The molecule has 30 heavy (non-hydrogen) atoms. The van der Waals surface area contributed by atoms with Crippen molar-refractivity contribution in [2.75, 3.05) is 0 Å². The second kappa shape index (κ2) is 8.53. The van der Waals surface area contributed by atoms with Crippen LogP contribution < -0.4 is 3.53 Å². The molecular weight excluding hydrogens is 507 g/mol. The fraction of sp³-hybridized carbons (Fsp3) is 0.545. The van der Waals surface area contributed by atoms with Gasteiger partial charge in [0.15, 0.2) is 0 Å². The number of carbonyl (C=O) groups excluding carboxylic acids is 1. The monoisotopic (exact) mass is 531 g/mol. The fourth-order valence-corrected chi connectivity index (χ4v) is 5.65. The molecule has 0 bridgehead atoms. The van der Waals surface area contributed by atoms with Gasteiger partial charge in [0, 0.05) is 51.5 Å². The molecule has 2 unspecified atom stereocenters. The van der Waals surface area contributed by atoms with E-state index in [2.05, 4.69) is 26.4 Å². The molecule has 0 radical (unpaired) electrons. The molecule has 0 spiro atoms. The maximum Gasteiger partial charge on any atom is 0.339 e. The number of rotatable bonds is 5. The fourth-order valence-electron chi connectivity index (χ4n) is 5.09. The molecule has 3 N–H and O–H groups in total. The van der Waals surface area contributed by atoms with Crippen LogP contribution in [0.3, 0.4) is 0 Å². The summed E-state index contributed by atoms with van der Waals surface area (Å²) in [6.07, 6.45) is 4.85. The molecule has 8 heteroatoms. The summed E-state index contributed by atoms with van der Waals surface area (Å²) in [6.45, 7) is 0. The lowest BCUT2D eigenvalue weighted by molar-refractivity contribution is -0.132. The summed E-state index contributed by atoms with van der Waals surface area (Å²) in [5.41, 5.74) is -0.238. The number of aliphatic carboxylic acids is 1. The van der Waals surface area contributed by atoms with Gasteiger partial charge in [-0.15, -0.1) is 0 Å². The minimum Gasteiger partial charge on any atom is -0.507 e. The number of hydrogen-bond acceptors (Lipinski definition) is 4. The number of halogens is 3. The predicted molar refractivity (Wildman–Crippen MR) is 115 cm³/mol. The number of carboxylic acid groups (broad SMARTS) is 1. The number of alkyl halides is 1. The average molecular weight is 531 g/mol. The molecule has 3 aliphatic carbocycles. The predicted octanol–water partition coefficient (Wildman–Crippen LogP) is 4.61. The van der Waals surface area contributed by atoms with Gasteiger partial charge in [0.25, 0.3) is 0 Å². The molecule has 3 aliphatic rings. The molecule has 2 saturated carbocycles. The minimum absolute atomic E-state index is 0.133. The summed E-state index contributed by atoms with van der Waals surface area (Å²) in [7, 11) is 0. The molecule has 2 fully saturated rings. The second-order valence-electron chi connectivity index (χ2n) is 8.70. The number of hydrogen-bond donors (Lipinski definition) is 3. The van der Waals surface area contributed by atoms with Crippen LogP contribution in [0.5, 0.6) is 5.75 Å². The number of phenolic OH excluding ortho intramolecular Hbond substituents is 1. The van der Waals surface area contributed by atoms with Crippen LogP contribution in [0.2, 0.25) is 0 Å². The third-order valence-corrected chi connectivity index (χ3v) is 7.64. The molecule has 1 aromatic carbocycles. The molecule has 5 nitrogen and oxygen atoms in total. The maximum atomic E-state index is 15.1. The SMILES string of the molecule is O=C(O)C1=CC[C@@H]([C@@H]2CC2F)c2c(cc(F)c(C[C@H]3CCCC(NI)C3)c2O)C1=O. The quantitative estimate of drug-likeness (QED) is 0.294. The summed E-state index contributed by atoms with van der Waals surface area (Å²) >= 11 is 2.12. The Morgan fingerprint density at radius 2 is 2.03 bits per heavy atom. The molecular formula is C22H24F2INO4. The van der Waals surface area contributed by atoms with Crippen LogP contribution >= 0.6 is 22.9 Å². The van der Waals surface area contributed by atoms with Gasteiger partial charge in [-0.05, 0) is 50.0 Å². The first-order valence-corrected chi connectivity index (χ1v) is 11.4. The van der Waals surface area contributed by atoms with E-state index in [9.17, 15) is 24.2 Å². The Kier molecular flexibility index (Phi) is 6.16. The van der Waals surface area contributed by atoms with Crippen molar-refractivity contribution in [3.05, 3.63) is 40.2 Å². The number of allylic oxidation sites excluding steroid dienone is 1. The minimum atomic E-state index is -1.40. The Hall–Kier alpha value is -1.55. The normalized spacial score (nSPS) is 31.0. The summed E-state index contributed by atoms with van der Waals surface area (Å²) in [4.78, 5) is 24.3. The van der Waals surface area contributed by atoms with Gasteiger partial charge in [-0.3, -0.25) is 8.32 Å². The van der Waals surface area contributed by atoms with Crippen LogP contribution in [-0.2, 0) is 11.2 Å². The van der Waals surface area contributed by atoms with E-state index in [0.29, 0.717) is 18.9 Å². The first-order valence-electron chi connectivity index (χ1n) is 10.3. The summed E-state index contributed by atoms with van der Waals surface area (Å²) in [5, 5.41) is 20.5. The van der Waals surface area contributed by atoms with Crippen LogP contribution in [0.1, 0.15) is 65.9 Å². The van der Waals surface area contributed by atoms with E-state index < -0.39 is 41.2 Å². The van der Waals surface area contributed by atoms with Crippen molar-refractivity contribution in [3.8, 4) is 5.75 Å². The first-order chi connectivity index (χ1) is 14.3. The number of aromatic hydroxyl groups is 1. The van der Waals surface area contributed by atoms with Crippen molar-refractivity contribution >= 4 is 34.6 Å². The molecule has 0 amide bonds. The average Bonchev–Trinajstić information content (AvgIpc) is 3.46. The smallest absolute Gasteiger partial charge is 0.339 e. The number of phenols is 1. The third kappa shape index (κ3) is 4.00. The molecule has 162 valence electrons. The molecule has 0 aliphatic heterocycles. The highest BCUT2D eigenvalue weighted by atomic mass is 127. The van der Waals surface area contributed by atoms with Gasteiger partial charge in [0.1, 0.15) is 23.3 Å². The summed E-state index contributed by atoms with van der Waals surface area (Å²) in [5.74, 6) is -3.98.